The fourth-order valence-electron chi connectivity index (χ4n) is 4.82. The minimum atomic E-state index is -4.52. The molecule has 1 aliphatic carbocycles. The van der Waals surface area contributed by atoms with E-state index in [0.29, 0.717) is 37.0 Å². The Balaban J connectivity index is 1.31. The Hall–Kier alpha value is -2.22. The summed E-state index contributed by atoms with van der Waals surface area (Å²) in [7, 11) is 0. The number of nitrogens with zero attached hydrogens (tertiary/aromatic N) is 3. The van der Waals surface area contributed by atoms with Gasteiger partial charge in [-0.1, -0.05) is 11.6 Å². The van der Waals surface area contributed by atoms with Crippen LogP contribution in [0, 0.1) is 5.41 Å². The number of piperidine rings is 1. The van der Waals surface area contributed by atoms with Crippen LogP contribution in [-0.4, -0.2) is 53.8 Å². The van der Waals surface area contributed by atoms with Gasteiger partial charge in [0.05, 0.1) is 10.6 Å². The average molecular weight is 484 g/mol. The second kappa shape index (κ2) is 9.20. The van der Waals surface area contributed by atoms with Crippen LogP contribution in [0.3, 0.4) is 0 Å². The van der Waals surface area contributed by atoms with Crippen molar-refractivity contribution in [3.05, 3.63) is 41.1 Å². The first-order valence-electron chi connectivity index (χ1n) is 11.5. The molecule has 1 atom stereocenters. The van der Waals surface area contributed by atoms with Crippen LogP contribution >= 0.6 is 11.6 Å². The minimum absolute atomic E-state index is 0.150. The fraction of sp³-hybridized carbons (Fsp3) is 0.583. The van der Waals surface area contributed by atoms with Crippen LogP contribution in [0.4, 0.5) is 18.9 Å². The number of likely N-dealkylation sites (tertiary alicyclic amines) is 1. The number of hydrogen-bond donors (Lipinski definition) is 0. The molecule has 3 aliphatic rings. The Morgan fingerprint density at radius 2 is 1.88 bits per heavy atom. The Labute approximate surface area is 197 Å². The fourth-order valence-corrected chi connectivity index (χ4v) is 5.10. The van der Waals surface area contributed by atoms with E-state index >= 15 is 0 Å². The number of hydrogen-bond acceptors (Lipinski definition) is 3. The maximum atomic E-state index is 13.0. The molecular formula is C24H29ClF3N3O2. The van der Waals surface area contributed by atoms with E-state index in [4.69, 9.17) is 11.6 Å². The van der Waals surface area contributed by atoms with Crippen LogP contribution in [0.25, 0.3) is 0 Å². The molecule has 1 saturated heterocycles. The van der Waals surface area contributed by atoms with E-state index in [2.05, 4.69) is 0 Å². The number of alkyl halides is 3. The minimum Gasteiger partial charge on any atom is -0.343 e. The number of carbonyl (C=O) groups is 2. The van der Waals surface area contributed by atoms with Gasteiger partial charge < -0.3 is 14.7 Å². The molecule has 1 saturated carbocycles. The molecule has 0 unspecified atom stereocenters. The molecule has 2 amide bonds. The normalized spacial score (nSPS) is 22.6. The van der Waals surface area contributed by atoms with Crippen LogP contribution in [0.15, 0.2) is 30.5 Å². The van der Waals surface area contributed by atoms with Crippen LogP contribution in [0.1, 0.15) is 51.0 Å². The summed E-state index contributed by atoms with van der Waals surface area (Å²) >= 11 is 5.88. The molecule has 1 aromatic rings. The molecular weight excluding hydrogens is 455 g/mol. The standard InChI is InChI=1S/C24H29ClF3N3O2/c1-17-16-30(11-2-3-21(32)29-13-9-23(7-8-23)10-14-29)22(33)6-12-31(17)18-4-5-19(20(25)15-18)24(26,27)28/h4-6,12,15,17H,2-3,7-11,13-14,16H2,1H3/t17-/m1/s1. The third-order valence-corrected chi connectivity index (χ3v) is 7.47. The maximum Gasteiger partial charge on any atom is 0.417 e. The second-order valence-electron chi connectivity index (χ2n) is 9.50. The summed E-state index contributed by atoms with van der Waals surface area (Å²) in [4.78, 5) is 30.5. The number of rotatable bonds is 5. The Morgan fingerprint density at radius 1 is 1.18 bits per heavy atom. The molecule has 2 aliphatic heterocycles. The van der Waals surface area contributed by atoms with E-state index in [0.717, 1.165) is 32.0 Å². The van der Waals surface area contributed by atoms with Gasteiger partial charge in [-0.05, 0) is 62.6 Å². The summed E-state index contributed by atoms with van der Waals surface area (Å²) in [5.41, 5.74) is 0.129. The Bertz CT molecular complexity index is 935. The van der Waals surface area contributed by atoms with Crippen molar-refractivity contribution in [1.29, 1.82) is 0 Å². The number of benzene rings is 1. The van der Waals surface area contributed by atoms with E-state index < -0.39 is 11.7 Å². The van der Waals surface area contributed by atoms with E-state index in [9.17, 15) is 22.8 Å². The number of amides is 2. The molecule has 180 valence electrons. The van der Waals surface area contributed by atoms with Crippen molar-refractivity contribution in [1.82, 2.24) is 9.80 Å². The first-order valence-corrected chi connectivity index (χ1v) is 11.9. The van der Waals surface area contributed by atoms with Crippen LogP contribution in [0.2, 0.25) is 5.02 Å². The van der Waals surface area contributed by atoms with Gasteiger partial charge in [-0.3, -0.25) is 9.59 Å². The monoisotopic (exact) mass is 483 g/mol. The molecule has 0 radical (unpaired) electrons. The summed E-state index contributed by atoms with van der Waals surface area (Å²) in [5.74, 6) is -0.0270. The second-order valence-corrected chi connectivity index (χ2v) is 9.91. The van der Waals surface area contributed by atoms with Crippen LogP contribution < -0.4 is 4.90 Å². The molecule has 33 heavy (non-hydrogen) atoms. The maximum absolute atomic E-state index is 13.0. The van der Waals surface area contributed by atoms with Crippen molar-refractivity contribution < 1.29 is 22.8 Å². The summed E-state index contributed by atoms with van der Waals surface area (Å²) in [6.07, 6.45) is 4.28. The zero-order chi connectivity index (χ0) is 23.8. The predicted octanol–water partition coefficient (Wildman–Crippen LogP) is 5.09. The van der Waals surface area contributed by atoms with Crippen molar-refractivity contribution in [2.75, 3.05) is 31.1 Å². The lowest BCUT2D eigenvalue weighted by Crippen LogP contribution is -2.41. The third kappa shape index (κ3) is 5.48. The Kier molecular flexibility index (Phi) is 6.67. The lowest BCUT2D eigenvalue weighted by atomic mass is 9.93. The van der Waals surface area contributed by atoms with Gasteiger partial charge in [0.15, 0.2) is 0 Å². The molecule has 2 heterocycles. The summed E-state index contributed by atoms with van der Waals surface area (Å²) in [6, 6.07) is 3.42. The molecule has 4 rings (SSSR count). The van der Waals surface area contributed by atoms with Crippen molar-refractivity contribution >= 4 is 29.1 Å². The molecule has 5 nitrogen and oxygen atoms in total. The lowest BCUT2D eigenvalue weighted by molar-refractivity contribution is -0.137. The first-order chi connectivity index (χ1) is 15.6. The summed E-state index contributed by atoms with van der Waals surface area (Å²) in [6.45, 7) is 4.43. The van der Waals surface area contributed by atoms with Gasteiger partial charge in [0.25, 0.3) is 0 Å². The summed E-state index contributed by atoms with van der Waals surface area (Å²) in [5, 5.41) is -0.378. The average Bonchev–Trinajstić information content (AvgIpc) is 3.52. The zero-order valence-electron chi connectivity index (χ0n) is 18.7. The molecule has 0 aromatic heterocycles. The van der Waals surface area contributed by atoms with Gasteiger partial charge in [0, 0.05) is 56.6 Å². The van der Waals surface area contributed by atoms with Gasteiger partial charge in [-0.15, -0.1) is 0 Å². The zero-order valence-corrected chi connectivity index (χ0v) is 19.5. The van der Waals surface area contributed by atoms with E-state index in [1.165, 1.54) is 31.1 Å². The van der Waals surface area contributed by atoms with E-state index in [1.807, 2.05) is 11.8 Å². The highest BCUT2D eigenvalue weighted by atomic mass is 35.5. The number of halogens is 4. The third-order valence-electron chi connectivity index (χ3n) is 7.16. The predicted molar refractivity (Wildman–Crippen MR) is 121 cm³/mol. The molecule has 9 heteroatoms. The molecule has 0 N–H and O–H groups in total. The van der Waals surface area contributed by atoms with Crippen LogP contribution in [0.5, 0.6) is 0 Å². The van der Waals surface area contributed by atoms with E-state index in [-0.39, 0.29) is 22.9 Å². The molecule has 1 aromatic carbocycles. The first kappa shape index (κ1) is 23.9. The smallest absolute Gasteiger partial charge is 0.343 e. The number of anilines is 1. The SMILES string of the molecule is C[C@@H]1CN(CCCC(=O)N2CCC3(CC2)CC3)C(=O)C=CN1c1ccc(C(F)(F)F)c(Cl)c1. The van der Waals surface area contributed by atoms with Gasteiger partial charge in [0.2, 0.25) is 11.8 Å². The highest BCUT2D eigenvalue weighted by Gasteiger charge is 2.45. The van der Waals surface area contributed by atoms with Crippen molar-refractivity contribution in [3.8, 4) is 0 Å². The van der Waals surface area contributed by atoms with E-state index in [1.54, 1.807) is 16.0 Å². The molecule has 2 fully saturated rings. The van der Waals surface area contributed by atoms with Gasteiger partial charge >= 0.3 is 6.18 Å². The topological polar surface area (TPSA) is 43.9 Å². The largest absolute Gasteiger partial charge is 0.417 e. The van der Waals surface area contributed by atoms with Gasteiger partial charge in [-0.2, -0.15) is 13.2 Å². The molecule has 0 bridgehead atoms. The number of carbonyl (C=O) groups excluding carboxylic acids is 2. The highest BCUT2D eigenvalue weighted by Crippen LogP contribution is 2.53. The van der Waals surface area contributed by atoms with Gasteiger partial charge in [-0.25, -0.2) is 0 Å². The molecule has 1 spiro atoms. The Morgan fingerprint density at radius 3 is 2.48 bits per heavy atom. The van der Waals surface area contributed by atoms with Crippen LogP contribution in [-0.2, 0) is 15.8 Å². The van der Waals surface area contributed by atoms with Crippen molar-refractivity contribution in [3.63, 3.8) is 0 Å². The van der Waals surface area contributed by atoms with Crippen molar-refractivity contribution in [2.45, 2.75) is 57.7 Å². The van der Waals surface area contributed by atoms with Crippen molar-refractivity contribution in [2.24, 2.45) is 5.41 Å². The highest BCUT2D eigenvalue weighted by molar-refractivity contribution is 6.31. The lowest BCUT2D eigenvalue weighted by Gasteiger charge is -2.32. The summed E-state index contributed by atoms with van der Waals surface area (Å²) < 4.78 is 39.0. The van der Waals surface area contributed by atoms with Gasteiger partial charge in [0.1, 0.15) is 0 Å². The quantitative estimate of drug-likeness (QED) is 0.585.